The quantitative estimate of drug-likeness (QED) is 0.870. The molecule has 0 saturated carbocycles. The highest BCUT2D eigenvalue weighted by molar-refractivity contribution is 6.29. The summed E-state index contributed by atoms with van der Waals surface area (Å²) in [5.41, 5.74) is 2.13. The lowest BCUT2D eigenvalue weighted by molar-refractivity contribution is 0.0950. The van der Waals surface area contributed by atoms with E-state index in [1.54, 1.807) is 16.8 Å². The van der Waals surface area contributed by atoms with Gasteiger partial charge < -0.3 is 5.32 Å². The molecule has 0 radical (unpaired) electrons. The Bertz CT molecular complexity index is 594. The van der Waals surface area contributed by atoms with Crippen LogP contribution >= 0.6 is 11.6 Å². The number of nitrogens with one attached hydrogen (secondary N) is 1. The van der Waals surface area contributed by atoms with Gasteiger partial charge in [-0.2, -0.15) is 5.10 Å². The molecule has 2 rings (SSSR count). The summed E-state index contributed by atoms with van der Waals surface area (Å²) in [6.07, 6.45) is 2.57. The molecule has 0 aromatic carbocycles. The summed E-state index contributed by atoms with van der Waals surface area (Å²) in [5.74, 6) is -0.176. The first-order valence-corrected chi connectivity index (χ1v) is 6.39. The van der Waals surface area contributed by atoms with E-state index in [1.165, 1.54) is 0 Å². The zero-order valence-corrected chi connectivity index (χ0v) is 11.6. The van der Waals surface area contributed by atoms with Gasteiger partial charge in [-0.1, -0.05) is 18.5 Å². The van der Waals surface area contributed by atoms with Gasteiger partial charge in [0.2, 0.25) is 0 Å². The number of aryl methyl sites for hydroxylation is 2. The van der Waals surface area contributed by atoms with Crippen LogP contribution in [0.1, 0.15) is 28.7 Å². The highest BCUT2D eigenvalue weighted by Crippen LogP contribution is 2.11. The van der Waals surface area contributed by atoms with Crippen LogP contribution < -0.4 is 5.32 Å². The maximum absolute atomic E-state index is 12.0. The Morgan fingerprint density at radius 3 is 2.84 bits per heavy atom. The van der Waals surface area contributed by atoms with Crippen LogP contribution in [-0.4, -0.2) is 20.7 Å². The van der Waals surface area contributed by atoms with Crippen molar-refractivity contribution in [3.8, 4) is 0 Å². The van der Waals surface area contributed by atoms with Crippen LogP contribution in [0.15, 0.2) is 24.4 Å². The van der Waals surface area contributed by atoms with E-state index in [9.17, 15) is 4.79 Å². The van der Waals surface area contributed by atoms with Crippen molar-refractivity contribution < 1.29 is 4.79 Å². The molecule has 0 bridgehead atoms. The Morgan fingerprint density at radius 2 is 2.21 bits per heavy atom. The first-order chi connectivity index (χ1) is 9.08. The van der Waals surface area contributed by atoms with E-state index in [4.69, 9.17) is 11.6 Å². The predicted molar refractivity (Wildman–Crippen MR) is 73.0 cm³/mol. The second kappa shape index (κ2) is 5.84. The summed E-state index contributed by atoms with van der Waals surface area (Å²) in [6, 6.07) is 5.17. The molecule has 2 heterocycles. The fourth-order valence-corrected chi connectivity index (χ4v) is 1.92. The van der Waals surface area contributed by atoms with E-state index in [0.29, 0.717) is 17.3 Å². The van der Waals surface area contributed by atoms with Crippen molar-refractivity contribution in [2.45, 2.75) is 19.9 Å². The number of pyridine rings is 1. The van der Waals surface area contributed by atoms with Gasteiger partial charge in [-0.15, -0.1) is 0 Å². The van der Waals surface area contributed by atoms with Crippen molar-refractivity contribution in [2.24, 2.45) is 7.05 Å². The molecule has 2 aromatic heterocycles. The standard InChI is InChI=1S/C13H15ClN4O/c1-3-10-6-9(7-12(14)16-10)13(19)15-8-11-4-5-18(2)17-11/h4-7H,3,8H2,1-2H3,(H,15,19). The molecule has 19 heavy (non-hydrogen) atoms. The molecule has 100 valence electrons. The summed E-state index contributed by atoms with van der Waals surface area (Å²) in [5, 5.41) is 7.33. The normalized spacial score (nSPS) is 10.5. The maximum Gasteiger partial charge on any atom is 0.251 e. The minimum Gasteiger partial charge on any atom is -0.346 e. The SMILES string of the molecule is CCc1cc(C(=O)NCc2ccn(C)n2)cc(Cl)n1. The molecule has 0 unspecified atom stereocenters. The third-order valence-corrected chi connectivity index (χ3v) is 2.86. The molecule has 0 atom stereocenters. The van der Waals surface area contributed by atoms with Gasteiger partial charge in [-0.05, 0) is 24.6 Å². The smallest absolute Gasteiger partial charge is 0.251 e. The van der Waals surface area contributed by atoms with E-state index >= 15 is 0 Å². The van der Waals surface area contributed by atoms with Crippen LogP contribution in [0.4, 0.5) is 0 Å². The number of carbonyl (C=O) groups excluding carboxylic acids is 1. The zero-order chi connectivity index (χ0) is 13.8. The van der Waals surface area contributed by atoms with Crippen LogP contribution in [-0.2, 0) is 20.0 Å². The van der Waals surface area contributed by atoms with Gasteiger partial charge in [0.1, 0.15) is 5.15 Å². The van der Waals surface area contributed by atoms with Gasteiger partial charge in [0, 0.05) is 24.5 Å². The number of amides is 1. The highest BCUT2D eigenvalue weighted by Gasteiger charge is 2.09. The van der Waals surface area contributed by atoms with Crippen molar-refractivity contribution in [3.63, 3.8) is 0 Å². The Morgan fingerprint density at radius 1 is 1.42 bits per heavy atom. The number of halogens is 1. The number of aromatic nitrogens is 3. The summed E-state index contributed by atoms with van der Waals surface area (Å²) in [4.78, 5) is 16.1. The Balaban J connectivity index is 2.05. The van der Waals surface area contributed by atoms with Crippen molar-refractivity contribution in [2.75, 3.05) is 0 Å². The molecule has 0 saturated heterocycles. The fourth-order valence-electron chi connectivity index (χ4n) is 1.69. The molecule has 0 fully saturated rings. The first-order valence-electron chi connectivity index (χ1n) is 6.01. The first kappa shape index (κ1) is 13.5. The number of hydrogen-bond donors (Lipinski definition) is 1. The topological polar surface area (TPSA) is 59.8 Å². The Kier molecular flexibility index (Phi) is 4.16. The number of nitrogens with zero attached hydrogens (tertiary/aromatic N) is 3. The van der Waals surface area contributed by atoms with Crippen LogP contribution in [0.3, 0.4) is 0 Å². The molecule has 0 aliphatic carbocycles. The van der Waals surface area contributed by atoms with Gasteiger partial charge in [-0.3, -0.25) is 9.48 Å². The van der Waals surface area contributed by atoms with Gasteiger partial charge >= 0.3 is 0 Å². The monoisotopic (exact) mass is 278 g/mol. The van der Waals surface area contributed by atoms with E-state index in [-0.39, 0.29) is 5.91 Å². The van der Waals surface area contributed by atoms with Crippen molar-refractivity contribution in [1.82, 2.24) is 20.1 Å². The molecule has 1 N–H and O–H groups in total. The zero-order valence-electron chi connectivity index (χ0n) is 10.9. The molecule has 1 amide bonds. The molecule has 0 aliphatic rings. The second-order valence-electron chi connectivity index (χ2n) is 4.19. The summed E-state index contributed by atoms with van der Waals surface area (Å²) >= 11 is 5.89. The van der Waals surface area contributed by atoms with E-state index < -0.39 is 0 Å². The average Bonchev–Trinajstić information content (AvgIpc) is 2.81. The molecule has 5 nitrogen and oxygen atoms in total. The van der Waals surface area contributed by atoms with Crippen LogP contribution in [0.2, 0.25) is 5.15 Å². The van der Waals surface area contributed by atoms with Gasteiger partial charge in [-0.25, -0.2) is 4.98 Å². The lowest BCUT2D eigenvalue weighted by Gasteiger charge is -2.05. The number of hydrogen-bond acceptors (Lipinski definition) is 3. The van der Waals surface area contributed by atoms with E-state index in [2.05, 4.69) is 15.4 Å². The van der Waals surface area contributed by atoms with Gasteiger partial charge in [0.15, 0.2) is 0 Å². The summed E-state index contributed by atoms with van der Waals surface area (Å²) in [6.45, 7) is 2.36. The Hall–Kier alpha value is -1.88. The van der Waals surface area contributed by atoms with Gasteiger partial charge in [0.05, 0.1) is 12.2 Å². The van der Waals surface area contributed by atoms with Crippen molar-refractivity contribution in [1.29, 1.82) is 0 Å². The molecule has 0 spiro atoms. The van der Waals surface area contributed by atoms with E-state index in [0.717, 1.165) is 17.8 Å². The largest absolute Gasteiger partial charge is 0.346 e. The molecule has 0 aliphatic heterocycles. The van der Waals surface area contributed by atoms with Crippen molar-refractivity contribution >= 4 is 17.5 Å². The average molecular weight is 279 g/mol. The summed E-state index contributed by atoms with van der Waals surface area (Å²) in [7, 11) is 1.83. The number of rotatable bonds is 4. The Labute approximate surface area is 116 Å². The lowest BCUT2D eigenvalue weighted by atomic mass is 10.2. The minimum atomic E-state index is -0.176. The maximum atomic E-state index is 12.0. The predicted octanol–water partition coefficient (Wildman–Crippen LogP) is 1.96. The van der Waals surface area contributed by atoms with Crippen molar-refractivity contribution in [3.05, 3.63) is 46.5 Å². The van der Waals surface area contributed by atoms with Crippen LogP contribution in [0, 0.1) is 0 Å². The third kappa shape index (κ3) is 3.54. The lowest BCUT2D eigenvalue weighted by Crippen LogP contribution is -2.23. The summed E-state index contributed by atoms with van der Waals surface area (Å²) < 4.78 is 1.69. The van der Waals surface area contributed by atoms with Crippen LogP contribution in [0.25, 0.3) is 0 Å². The molecule has 6 heteroatoms. The molecule has 2 aromatic rings. The number of carbonyl (C=O) groups is 1. The van der Waals surface area contributed by atoms with E-state index in [1.807, 2.05) is 26.2 Å². The van der Waals surface area contributed by atoms with Gasteiger partial charge in [0.25, 0.3) is 5.91 Å². The minimum absolute atomic E-state index is 0.176. The fraction of sp³-hybridized carbons (Fsp3) is 0.308. The molecular weight excluding hydrogens is 264 g/mol. The molecular formula is C13H15ClN4O. The third-order valence-electron chi connectivity index (χ3n) is 2.67. The van der Waals surface area contributed by atoms with Crippen LogP contribution in [0.5, 0.6) is 0 Å². The highest BCUT2D eigenvalue weighted by atomic mass is 35.5. The second-order valence-corrected chi connectivity index (χ2v) is 4.57.